The molecule has 104 valence electrons. The monoisotopic (exact) mass is 290 g/mol. The summed E-state index contributed by atoms with van der Waals surface area (Å²) in [5.41, 5.74) is 1.45. The van der Waals surface area contributed by atoms with Gasteiger partial charge in [0.2, 0.25) is 0 Å². The Balaban J connectivity index is 1.79. The van der Waals surface area contributed by atoms with E-state index < -0.39 is 5.97 Å². The van der Waals surface area contributed by atoms with Crippen molar-refractivity contribution in [3.63, 3.8) is 0 Å². The zero-order valence-electron chi connectivity index (χ0n) is 11.0. The number of nitrogens with one attached hydrogen (secondary N) is 1. The molecule has 0 fully saturated rings. The molecule has 5 nitrogen and oxygen atoms in total. The summed E-state index contributed by atoms with van der Waals surface area (Å²) in [6.07, 6.45) is 0.865. The predicted octanol–water partition coefficient (Wildman–Crippen LogP) is 2.87. The van der Waals surface area contributed by atoms with Gasteiger partial charge in [0.15, 0.2) is 10.8 Å². The Kier molecular flexibility index (Phi) is 3.56. The number of para-hydroxylation sites is 1. The van der Waals surface area contributed by atoms with Crippen LogP contribution in [0, 0.1) is 0 Å². The maximum absolute atomic E-state index is 11.4. The Labute approximate surface area is 120 Å². The molecule has 6 heteroatoms. The lowest BCUT2D eigenvalue weighted by atomic mass is 10.0. The Morgan fingerprint density at radius 1 is 1.50 bits per heavy atom. The van der Waals surface area contributed by atoms with Crippen LogP contribution in [0.15, 0.2) is 29.6 Å². The van der Waals surface area contributed by atoms with Gasteiger partial charge in [-0.15, -0.1) is 11.3 Å². The minimum Gasteiger partial charge on any atom is -0.493 e. The van der Waals surface area contributed by atoms with Crippen molar-refractivity contribution < 1.29 is 14.3 Å². The lowest BCUT2D eigenvalue weighted by molar-refractivity contribution is 0.0595. The third-order valence-corrected chi connectivity index (χ3v) is 3.93. The lowest BCUT2D eigenvalue weighted by Crippen LogP contribution is -2.20. The van der Waals surface area contributed by atoms with Gasteiger partial charge in [-0.2, -0.15) is 0 Å². The van der Waals surface area contributed by atoms with E-state index in [0.29, 0.717) is 17.4 Å². The molecule has 0 bridgehead atoms. The Bertz CT molecular complexity index is 626. The van der Waals surface area contributed by atoms with Crippen LogP contribution >= 0.6 is 11.3 Å². The zero-order valence-corrected chi connectivity index (χ0v) is 11.8. The number of rotatable bonds is 3. The maximum atomic E-state index is 11.4. The Morgan fingerprint density at radius 3 is 3.20 bits per heavy atom. The number of methoxy groups -OCH3 is 1. The van der Waals surface area contributed by atoms with Gasteiger partial charge >= 0.3 is 5.97 Å². The summed E-state index contributed by atoms with van der Waals surface area (Å²) in [6.45, 7) is 0.671. The molecular weight excluding hydrogens is 276 g/mol. The molecule has 1 aliphatic rings. The first-order valence-corrected chi connectivity index (χ1v) is 7.18. The predicted molar refractivity (Wildman–Crippen MR) is 76.4 cm³/mol. The first kappa shape index (κ1) is 12.9. The SMILES string of the molecule is COC(=O)c1csc(NC2CCOc3ccccc32)n1. The molecule has 0 aliphatic carbocycles. The van der Waals surface area contributed by atoms with Gasteiger partial charge in [-0.1, -0.05) is 18.2 Å². The molecule has 0 saturated heterocycles. The second-order valence-electron chi connectivity index (χ2n) is 4.40. The molecule has 1 aliphatic heterocycles. The van der Waals surface area contributed by atoms with Gasteiger partial charge in [0.05, 0.1) is 19.8 Å². The van der Waals surface area contributed by atoms with Crippen LogP contribution in [0.25, 0.3) is 0 Å². The number of hydrogen-bond acceptors (Lipinski definition) is 6. The number of anilines is 1. The van der Waals surface area contributed by atoms with E-state index in [0.717, 1.165) is 17.7 Å². The summed E-state index contributed by atoms with van der Waals surface area (Å²) in [6, 6.07) is 8.10. The number of carbonyl (C=O) groups is 1. The average Bonchev–Trinajstić information content (AvgIpc) is 2.95. The van der Waals surface area contributed by atoms with Gasteiger partial charge in [0, 0.05) is 17.4 Å². The van der Waals surface area contributed by atoms with E-state index in [1.54, 1.807) is 5.38 Å². The highest BCUT2D eigenvalue weighted by molar-refractivity contribution is 7.13. The minimum absolute atomic E-state index is 0.150. The molecule has 0 saturated carbocycles. The van der Waals surface area contributed by atoms with Crippen LogP contribution in [0.4, 0.5) is 5.13 Å². The van der Waals surface area contributed by atoms with Crippen LogP contribution in [-0.4, -0.2) is 24.7 Å². The van der Waals surface area contributed by atoms with E-state index in [1.807, 2.05) is 24.3 Å². The van der Waals surface area contributed by atoms with E-state index in [-0.39, 0.29) is 6.04 Å². The fraction of sp³-hybridized carbons (Fsp3) is 0.286. The topological polar surface area (TPSA) is 60.5 Å². The van der Waals surface area contributed by atoms with Crippen molar-refractivity contribution in [1.29, 1.82) is 0 Å². The summed E-state index contributed by atoms with van der Waals surface area (Å²) in [5.74, 6) is 0.489. The van der Waals surface area contributed by atoms with Crippen LogP contribution in [0.3, 0.4) is 0 Å². The van der Waals surface area contributed by atoms with Crippen molar-refractivity contribution >= 4 is 22.4 Å². The molecule has 0 spiro atoms. The maximum Gasteiger partial charge on any atom is 0.357 e. The van der Waals surface area contributed by atoms with E-state index >= 15 is 0 Å². The van der Waals surface area contributed by atoms with Crippen LogP contribution in [0.5, 0.6) is 5.75 Å². The molecule has 0 radical (unpaired) electrons. The third kappa shape index (κ3) is 2.46. The largest absolute Gasteiger partial charge is 0.493 e. The normalized spacial score (nSPS) is 16.9. The number of fused-ring (bicyclic) bond motifs is 1. The zero-order chi connectivity index (χ0) is 13.9. The van der Waals surface area contributed by atoms with E-state index in [2.05, 4.69) is 15.0 Å². The Morgan fingerprint density at radius 2 is 2.35 bits per heavy atom. The number of esters is 1. The van der Waals surface area contributed by atoms with Gasteiger partial charge < -0.3 is 14.8 Å². The lowest BCUT2D eigenvalue weighted by Gasteiger charge is -2.26. The highest BCUT2D eigenvalue weighted by Crippen LogP contribution is 2.34. The summed E-state index contributed by atoms with van der Waals surface area (Å²) >= 11 is 1.40. The summed E-state index contributed by atoms with van der Waals surface area (Å²) < 4.78 is 10.3. The number of benzene rings is 1. The molecule has 1 atom stereocenters. The van der Waals surface area contributed by atoms with E-state index in [1.165, 1.54) is 18.4 Å². The molecule has 20 heavy (non-hydrogen) atoms. The van der Waals surface area contributed by atoms with Crippen molar-refractivity contribution in [2.45, 2.75) is 12.5 Å². The van der Waals surface area contributed by atoms with Crippen molar-refractivity contribution in [3.05, 3.63) is 40.9 Å². The summed E-state index contributed by atoms with van der Waals surface area (Å²) in [4.78, 5) is 15.6. The summed E-state index contributed by atoms with van der Waals surface area (Å²) in [5, 5.41) is 5.76. The van der Waals surface area contributed by atoms with E-state index in [9.17, 15) is 4.79 Å². The van der Waals surface area contributed by atoms with Gasteiger partial charge in [0.1, 0.15) is 5.75 Å². The number of carbonyl (C=O) groups excluding carboxylic acids is 1. The van der Waals surface area contributed by atoms with Crippen molar-refractivity contribution in [2.24, 2.45) is 0 Å². The van der Waals surface area contributed by atoms with Gasteiger partial charge in [0.25, 0.3) is 0 Å². The first-order valence-electron chi connectivity index (χ1n) is 6.30. The molecule has 1 aromatic carbocycles. The first-order chi connectivity index (χ1) is 9.78. The number of nitrogens with zero attached hydrogens (tertiary/aromatic N) is 1. The Hall–Kier alpha value is -2.08. The molecule has 1 unspecified atom stereocenters. The van der Waals surface area contributed by atoms with Crippen LogP contribution in [-0.2, 0) is 4.74 Å². The number of thiazole rings is 1. The second kappa shape index (κ2) is 5.50. The fourth-order valence-electron chi connectivity index (χ4n) is 2.18. The molecule has 1 N–H and O–H groups in total. The molecule has 3 rings (SSSR count). The van der Waals surface area contributed by atoms with Crippen LogP contribution in [0.1, 0.15) is 28.5 Å². The van der Waals surface area contributed by atoms with Crippen molar-refractivity contribution in [2.75, 3.05) is 19.0 Å². The van der Waals surface area contributed by atoms with E-state index in [4.69, 9.17) is 4.74 Å². The highest BCUT2D eigenvalue weighted by atomic mass is 32.1. The standard InChI is InChI=1S/C14H14N2O3S/c1-18-13(17)11-8-20-14(16-11)15-10-6-7-19-12-5-3-2-4-9(10)12/h2-5,8,10H,6-7H2,1H3,(H,15,16). The van der Waals surface area contributed by atoms with Gasteiger partial charge in [-0.25, -0.2) is 9.78 Å². The quantitative estimate of drug-likeness (QED) is 0.881. The number of ether oxygens (including phenoxy) is 2. The molecule has 2 heterocycles. The number of aromatic nitrogens is 1. The molecule has 2 aromatic rings. The second-order valence-corrected chi connectivity index (χ2v) is 5.26. The third-order valence-electron chi connectivity index (χ3n) is 3.15. The molecule has 0 amide bonds. The molecular formula is C14H14N2O3S. The average molecular weight is 290 g/mol. The van der Waals surface area contributed by atoms with Crippen molar-refractivity contribution in [3.8, 4) is 5.75 Å². The van der Waals surface area contributed by atoms with Crippen molar-refractivity contribution in [1.82, 2.24) is 4.98 Å². The van der Waals surface area contributed by atoms with Gasteiger partial charge in [-0.3, -0.25) is 0 Å². The van der Waals surface area contributed by atoms with Crippen LogP contribution in [0.2, 0.25) is 0 Å². The highest BCUT2D eigenvalue weighted by Gasteiger charge is 2.22. The summed E-state index contributed by atoms with van der Waals surface area (Å²) in [7, 11) is 1.35. The number of hydrogen-bond donors (Lipinski definition) is 1. The minimum atomic E-state index is -0.415. The fourth-order valence-corrected chi connectivity index (χ4v) is 2.91. The smallest absolute Gasteiger partial charge is 0.357 e. The van der Waals surface area contributed by atoms with Crippen LogP contribution < -0.4 is 10.1 Å². The van der Waals surface area contributed by atoms with Gasteiger partial charge in [-0.05, 0) is 6.07 Å². The molecule has 1 aromatic heterocycles.